The second kappa shape index (κ2) is 6.44. The standard InChI is InChI=1S/C16H20BrN5/c1-6-12-14(17)20-16(18)21-15(12)22(5)8-13-11(4)10(3)9(2)7-19-13/h6-7H,1,8H2,2-5H3,(H2,18,20,21). The number of nitrogen functional groups attached to an aromatic ring is 1. The van der Waals surface area contributed by atoms with Gasteiger partial charge in [-0.25, -0.2) is 4.98 Å². The van der Waals surface area contributed by atoms with Crippen LogP contribution >= 0.6 is 15.9 Å². The van der Waals surface area contributed by atoms with Gasteiger partial charge in [0.05, 0.1) is 12.2 Å². The summed E-state index contributed by atoms with van der Waals surface area (Å²) in [4.78, 5) is 15.0. The summed E-state index contributed by atoms with van der Waals surface area (Å²) in [7, 11) is 1.96. The van der Waals surface area contributed by atoms with E-state index in [1.165, 1.54) is 16.7 Å². The van der Waals surface area contributed by atoms with Crippen LogP contribution in [0.3, 0.4) is 0 Å². The van der Waals surface area contributed by atoms with Gasteiger partial charge in [0.25, 0.3) is 0 Å². The Hall–Kier alpha value is -1.95. The molecule has 5 nitrogen and oxygen atoms in total. The fourth-order valence-electron chi connectivity index (χ4n) is 2.25. The van der Waals surface area contributed by atoms with Crippen molar-refractivity contribution in [3.63, 3.8) is 0 Å². The minimum Gasteiger partial charge on any atom is -0.368 e. The van der Waals surface area contributed by atoms with Gasteiger partial charge in [-0.2, -0.15) is 4.98 Å². The predicted molar refractivity (Wildman–Crippen MR) is 94.8 cm³/mol. The van der Waals surface area contributed by atoms with Crippen molar-refractivity contribution < 1.29 is 0 Å². The molecule has 0 spiro atoms. The summed E-state index contributed by atoms with van der Waals surface area (Å²) in [6.45, 7) is 10.7. The number of hydrogen-bond acceptors (Lipinski definition) is 5. The zero-order valence-corrected chi connectivity index (χ0v) is 14.9. The van der Waals surface area contributed by atoms with E-state index < -0.39 is 0 Å². The molecule has 2 aromatic rings. The fourth-order valence-corrected chi connectivity index (χ4v) is 2.77. The molecule has 0 aliphatic carbocycles. The van der Waals surface area contributed by atoms with Crippen LogP contribution in [-0.4, -0.2) is 22.0 Å². The molecule has 6 heteroatoms. The second-order valence-electron chi connectivity index (χ2n) is 5.31. The van der Waals surface area contributed by atoms with E-state index in [9.17, 15) is 0 Å². The Balaban J connectivity index is 2.40. The molecular weight excluding hydrogens is 342 g/mol. The number of rotatable bonds is 4. The first-order valence-electron chi connectivity index (χ1n) is 6.93. The van der Waals surface area contributed by atoms with E-state index in [4.69, 9.17) is 5.73 Å². The van der Waals surface area contributed by atoms with E-state index in [2.05, 4.69) is 58.2 Å². The lowest BCUT2D eigenvalue weighted by atomic mass is 10.0. The highest BCUT2D eigenvalue weighted by atomic mass is 79.9. The first-order chi connectivity index (χ1) is 10.3. The third-order valence-corrected chi connectivity index (χ3v) is 4.45. The average molecular weight is 362 g/mol. The molecule has 116 valence electrons. The lowest BCUT2D eigenvalue weighted by molar-refractivity contribution is 0.845. The maximum Gasteiger partial charge on any atom is 0.223 e. The molecule has 0 aliphatic rings. The molecule has 2 N–H and O–H groups in total. The molecular formula is C16H20BrN5. The Kier molecular flexibility index (Phi) is 4.81. The van der Waals surface area contributed by atoms with Gasteiger partial charge in [0, 0.05) is 18.8 Å². The van der Waals surface area contributed by atoms with Crippen LogP contribution in [0.4, 0.5) is 11.8 Å². The van der Waals surface area contributed by atoms with E-state index in [1.807, 2.05) is 18.1 Å². The maximum atomic E-state index is 5.76. The Bertz CT molecular complexity index is 727. The minimum atomic E-state index is 0.226. The first-order valence-corrected chi connectivity index (χ1v) is 7.72. The number of halogens is 1. The number of aromatic nitrogens is 3. The number of nitrogens with two attached hydrogens (primary N) is 1. The normalized spacial score (nSPS) is 10.6. The molecule has 2 heterocycles. The highest BCUT2D eigenvalue weighted by molar-refractivity contribution is 9.10. The Morgan fingerprint density at radius 3 is 2.59 bits per heavy atom. The Morgan fingerprint density at radius 1 is 1.27 bits per heavy atom. The molecule has 22 heavy (non-hydrogen) atoms. The van der Waals surface area contributed by atoms with Gasteiger partial charge in [-0.1, -0.05) is 12.7 Å². The Labute approximate surface area is 139 Å². The molecule has 0 unspecified atom stereocenters. The molecule has 2 rings (SSSR count). The van der Waals surface area contributed by atoms with Gasteiger partial charge >= 0.3 is 0 Å². The minimum absolute atomic E-state index is 0.226. The molecule has 0 saturated carbocycles. The molecule has 2 aromatic heterocycles. The number of hydrogen-bond donors (Lipinski definition) is 1. The predicted octanol–water partition coefficient (Wildman–Crippen LogP) is 3.42. The SMILES string of the molecule is C=Cc1c(Br)nc(N)nc1N(C)Cc1ncc(C)c(C)c1C. The van der Waals surface area contributed by atoms with Crippen LogP contribution in [0.5, 0.6) is 0 Å². The topological polar surface area (TPSA) is 67.9 Å². The monoisotopic (exact) mass is 361 g/mol. The Morgan fingerprint density at radius 2 is 1.95 bits per heavy atom. The van der Waals surface area contributed by atoms with Crippen LogP contribution in [0, 0.1) is 20.8 Å². The number of anilines is 2. The van der Waals surface area contributed by atoms with E-state index in [1.54, 1.807) is 6.08 Å². The van der Waals surface area contributed by atoms with E-state index in [0.29, 0.717) is 11.1 Å². The van der Waals surface area contributed by atoms with Crippen LogP contribution in [0.15, 0.2) is 17.4 Å². The average Bonchev–Trinajstić information content (AvgIpc) is 2.47. The molecule has 0 bridgehead atoms. The third kappa shape index (κ3) is 3.11. The van der Waals surface area contributed by atoms with Gasteiger partial charge in [-0.3, -0.25) is 4.98 Å². The van der Waals surface area contributed by atoms with Crippen molar-refractivity contribution in [1.29, 1.82) is 0 Å². The lowest BCUT2D eigenvalue weighted by Crippen LogP contribution is -2.21. The molecule has 0 amide bonds. The highest BCUT2D eigenvalue weighted by Crippen LogP contribution is 2.27. The third-order valence-electron chi connectivity index (χ3n) is 3.85. The van der Waals surface area contributed by atoms with Crippen molar-refractivity contribution in [1.82, 2.24) is 15.0 Å². The maximum absolute atomic E-state index is 5.76. The zero-order chi connectivity index (χ0) is 16.4. The van der Waals surface area contributed by atoms with E-state index in [0.717, 1.165) is 17.1 Å². The van der Waals surface area contributed by atoms with Crippen molar-refractivity contribution in [3.8, 4) is 0 Å². The van der Waals surface area contributed by atoms with Gasteiger partial charge in [0.2, 0.25) is 5.95 Å². The van der Waals surface area contributed by atoms with Gasteiger partial charge < -0.3 is 10.6 Å². The van der Waals surface area contributed by atoms with Crippen molar-refractivity contribution in [3.05, 3.63) is 45.3 Å². The highest BCUT2D eigenvalue weighted by Gasteiger charge is 2.15. The summed E-state index contributed by atoms with van der Waals surface area (Å²) >= 11 is 3.40. The fraction of sp³-hybridized carbons (Fsp3) is 0.312. The van der Waals surface area contributed by atoms with Crippen LogP contribution in [-0.2, 0) is 6.54 Å². The van der Waals surface area contributed by atoms with Crippen LogP contribution in [0.2, 0.25) is 0 Å². The van der Waals surface area contributed by atoms with E-state index in [-0.39, 0.29) is 5.95 Å². The summed E-state index contributed by atoms with van der Waals surface area (Å²) in [5, 5.41) is 0. The first kappa shape index (κ1) is 16.4. The largest absolute Gasteiger partial charge is 0.368 e. The van der Waals surface area contributed by atoms with Gasteiger partial charge in [-0.05, 0) is 53.4 Å². The summed E-state index contributed by atoms with van der Waals surface area (Å²) in [6, 6.07) is 0. The second-order valence-corrected chi connectivity index (χ2v) is 6.06. The molecule has 0 fully saturated rings. The zero-order valence-electron chi connectivity index (χ0n) is 13.3. The lowest BCUT2D eigenvalue weighted by Gasteiger charge is -2.22. The van der Waals surface area contributed by atoms with Crippen LogP contribution in [0.25, 0.3) is 6.08 Å². The van der Waals surface area contributed by atoms with Crippen LogP contribution in [0.1, 0.15) is 27.9 Å². The van der Waals surface area contributed by atoms with Gasteiger partial charge in [0.15, 0.2) is 0 Å². The molecule has 0 aromatic carbocycles. The van der Waals surface area contributed by atoms with Gasteiger partial charge in [-0.15, -0.1) is 0 Å². The van der Waals surface area contributed by atoms with Crippen molar-refractivity contribution in [2.45, 2.75) is 27.3 Å². The number of aryl methyl sites for hydroxylation is 1. The molecule has 0 aliphatic heterocycles. The van der Waals surface area contributed by atoms with Crippen molar-refractivity contribution in [2.24, 2.45) is 0 Å². The number of nitrogens with zero attached hydrogens (tertiary/aromatic N) is 4. The van der Waals surface area contributed by atoms with Crippen LogP contribution < -0.4 is 10.6 Å². The smallest absolute Gasteiger partial charge is 0.223 e. The number of pyridine rings is 1. The summed E-state index contributed by atoms with van der Waals surface area (Å²) in [5.41, 5.74) is 11.3. The summed E-state index contributed by atoms with van der Waals surface area (Å²) in [5.74, 6) is 0.956. The van der Waals surface area contributed by atoms with E-state index >= 15 is 0 Å². The molecule has 0 radical (unpaired) electrons. The summed E-state index contributed by atoms with van der Waals surface area (Å²) < 4.78 is 0.640. The van der Waals surface area contributed by atoms with Crippen molar-refractivity contribution >= 4 is 33.8 Å². The van der Waals surface area contributed by atoms with Crippen molar-refractivity contribution in [2.75, 3.05) is 17.7 Å². The molecule has 0 atom stereocenters. The summed E-state index contributed by atoms with van der Waals surface area (Å²) in [6.07, 6.45) is 3.63. The van der Waals surface area contributed by atoms with Gasteiger partial charge in [0.1, 0.15) is 10.4 Å². The quantitative estimate of drug-likeness (QED) is 0.844. The molecule has 0 saturated heterocycles.